The molecule has 3 nitrogen and oxygen atoms in total. The van der Waals surface area contributed by atoms with E-state index in [0.717, 1.165) is 32.0 Å². The molecule has 0 atom stereocenters. The van der Waals surface area contributed by atoms with E-state index >= 15 is 0 Å². The summed E-state index contributed by atoms with van der Waals surface area (Å²) < 4.78 is 12.3. The molecule has 0 unspecified atom stereocenters. The van der Waals surface area contributed by atoms with Crippen LogP contribution in [0, 0.1) is 3.77 Å². The predicted molar refractivity (Wildman–Crippen MR) is 108 cm³/mol. The van der Waals surface area contributed by atoms with E-state index in [2.05, 4.69) is 27.6 Å². The molecule has 0 amide bonds. The SMILES string of the molecule is Ic1ccc(C=Cc2ccc(-c3ncc(-c4ccccc4)o3)cc2)o1. The Bertz CT molecular complexity index is 998. The molecule has 0 saturated heterocycles. The van der Waals surface area contributed by atoms with Gasteiger partial charge in [0.2, 0.25) is 5.89 Å². The number of hydrogen-bond acceptors (Lipinski definition) is 3. The quantitative estimate of drug-likeness (QED) is 0.347. The van der Waals surface area contributed by atoms with Crippen LogP contribution in [0.25, 0.3) is 34.9 Å². The summed E-state index contributed by atoms with van der Waals surface area (Å²) in [5.41, 5.74) is 3.06. The molecule has 4 rings (SSSR count). The Kier molecular flexibility index (Phi) is 4.52. The first kappa shape index (κ1) is 15.9. The zero-order valence-corrected chi connectivity index (χ0v) is 15.4. The number of hydrogen-bond donors (Lipinski definition) is 0. The first-order valence-corrected chi connectivity index (χ1v) is 8.91. The van der Waals surface area contributed by atoms with Gasteiger partial charge in [-0.1, -0.05) is 48.5 Å². The average Bonchev–Trinajstić information content (AvgIpc) is 3.30. The third-order valence-corrected chi connectivity index (χ3v) is 4.34. The van der Waals surface area contributed by atoms with E-state index in [-0.39, 0.29) is 0 Å². The summed E-state index contributed by atoms with van der Waals surface area (Å²) in [5, 5.41) is 0. The largest absolute Gasteiger partial charge is 0.451 e. The standard InChI is InChI=1S/C21H14INO2/c22-20-13-12-18(24-20)11-8-15-6-9-17(10-7-15)21-23-14-19(25-21)16-4-2-1-3-5-16/h1-14H. The van der Waals surface area contributed by atoms with Crippen LogP contribution >= 0.6 is 22.6 Å². The van der Waals surface area contributed by atoms with Crippen molar-refractivity contribution in [1.82, 2.24) is 4.98 Å². The zero-order valence-electron chi connectivity index (χ0n) is 13.2. The van der Waals surface area contributed by atoms with E-state index in [4.69, 9.17) is 8.83 Å². The third-order valence-electron chi connectivity index (χ3n) is 3.76. The van der Waals surface area contributed by atoms with E-state index < -0.39 is 0 Å². The van der Waals surface area contributed by atoms with Gasteiger partial charge in [0.15, 0.2) is 9.53 Å². The van der Waals surface area contributed by atoms with Crippen molar-refractivity contribution >= 4 is 34.7 Å². The average molecular weight is 439 g/mol. The molecule has 0 saturated carbocycles. The molecule has 25 heavy (non-hydrogen) atoms. The van der Waals surface area contributed by atoms with Crippen LogP contribution in [0.4, 0.5) is 0 Å². The Hall–Kier alpha value is -2.60. The molecule has 0 aliphatic rings. The first-order valence-electron chi connectivity index (χ1n) is 7.83. The first-order chi connectivity index (χ1) is 12.3. The lowest BCUT2D eigenvalue weighted by atomic mass is 10.1. The van der Waals surface area contributed by atoms with E-state index in [1.165, 1.54) is 0 Å². The van der Waals surface area contributed by atoms with Gasteiger partial charge in [-0.05, 0) is 58.5 Å². The van der Waals surface area contributed by atoms with E-state index in [1.54, 1.807) is 6.20 Å². The van der Waals surface area contributed by atoms with Gasteiger partial charge in [0, 0.05) is 11.1 Å². The van der Waals surface area contributed by atoms with Gasteiger partial charge in [0.05, 0.1) is 6.20 Å². The smallest absolute Gasteiger partial charge is 0.226 e. The van der Waals surface area contributed by atoms with Crippen LogP contribution in [0.5, 0.6) is 0 Å². The van der Waals surface area contributed by atoms with E-state index in [0.29, 0.717) is 5.89 Å². The second-order valence-electron chi connectivity index (χ2n) is 5.49. The number of rotatable bonds is 4. The number of halogens is 1. The lowest BCUT2D eigenvalue weighted by Crippen LogP contribution is -1.78. The highest BCUT2D eigenvalue weighted by molar-refractivity contribution is 14.1. The molecular formula is C21H14INO2. The van der Waals surface area contributed by atoms with Crippen LogP contribution in [0.1, 0.15) is 11.3 Å². The van der Waals surface area contributed by atoms with Crippen molar-refractivity contribution in [2.24, 2.45) is 0 Å². The predicted octanol–water partition coefficient (Wildman–Crippen LogP) is 6.38. The minimum Gasteiger partial charge on any atom is -0.451 e. The third kappa shape index (κ3) is 3.74. The van der Waals surface area contributed by atoms with Gasteiger partial charge < -0.3 is 8.83 Å². The van der Waals surface area contributed by atoms with Crippen LogP contribution in [0.3, 0.4) is 0 Å². The fraction of sp³-hybridized carbons (Fsp3) is 0. The van der Waals surface area contributed by atoms with Gasteiger partial charge in [-0.15, -0.1) is 0 Å². The normalized spacial score (nSPS) is 11.2. The molecule has 2 aromatic carbocycles. The highest BCUT2D eigenvalue weighted by Gasteiger charge is 2.08. The summed E-state index contributed by atoms with van der Waals surface area (Å²) in [6.45, 7) is 0. The van der Waals surface area contributed by atoms with Gasteiger partial charge in [0.1, 0.15) is 5.76 Å². The Balaban J connectivity index is 1.52. The molecule has 0 radical (unpaired) electrons. The van der Waals surface area contributed by atoms with Gasteiger partial charge >= 0.3 is 0 Å². The highest BCUT2D eigenvalue weighted by Crippen LogP contribution is 2.26. The van der Waals surface area contributed by atoms with Gasteiger partial charge in [-0.2, -0.15) is 0 Å². The van der Waals surface area contributed by atoms with Crippen LogP contribution in [-0.4, -0.2) is 4.98 Å². The van der Waals surface area contributed by atoms with Gasteiger partial charge in [-0.3, -0.25) is 0 Å². The molecule has 0 N–H and O–H groups in total. The molecule has 0 bridgehead atoms. The molecule has 0 spiro atoms. The summed E-state index contributed by atoms with van der Waals surface area (Å²) >= 11 is 2.15. The van der Waals surface area contributed by atoms with Crippen molar-refractivity contribution in [3.05, 3.63) is 88.0 Å². The maximum atomic E-state index is 5.88. The summed E-state index contributed by atoms with van der Waals surface area (Å²) in [6, 6.07) is 21.9. The Morgan fingerprint density at radius 1 is 0.760 bits per heavy atom. The molecule has 0 aliphatic carbocycles. The van der Waals surface area contributed by atoms with E-state index in [9.17, 15) is 0 Å². The molecule has 0 fully saturated rings. The molecule has 4 aromatic rings. The minimum absolute atomic E-state index is 0.620. The van der Waals surface area contributed by atoms with Crippen molar-refractivity contribution in [3.63, 3.8) is 0 Å². The van der Waals surface area contributed by atoms with E-state index in [1.807, 2.05) is 78.9 Å². The number of benzene rings is 2. The van der Waals surface area contributed by atoms with Crippen molar-refractivity contribution in [1.29, 1.82) is 0 Å². The van der Waals surface area contributed by atoms with Crippen LogP contribution in [0.15, 0.2) is 81.8 Å². The molecule has 4 heteroatoms. The minimum atomic E-state index is 0.620. The van der Waals surface area contributed by atoms with Crippen LogP contribution < -0.4 is 0 Å². The fourth-order valence-electron chi connectivity index (χ4n) is 2.48. The summed E-state index contributed by atoms with van der Waals surface area (Å²) in [5.74, 6) is 2.23. The molecule has 122 valence electrons. The van der Waals surface area contributed by atoms with Crippen molar-refractivity contribution in [3.8, 4) is 22.8 Å². The molecule has 2 heterocycles. The topological polar surface area (TPSA) is 39.2 Å². The summed E-state index contributed by atoms with van der Waals surface area (Å²) in [4.78, 5) is 4.39. The molecular weight excluding hydrogens is 425 g/mol. The monoisotopic (exact) mass is 439 g/mol. The number of nitrogens with zero attached hydrogens (tertiary/aromatic N) is 1. The van der Waals surface area contributed by atoms with Gasteiger partial charge in [0.25, 0.3) is 0 Å². The van der Waals surface area contributed by atoms with Gasteiger partial charge in [-0.25, -0.2) is 4.98 Å². The Morgan fingerprint density at radius 3 is 2.28 bits per heavy atom. The lowest BCUT2D eigenvalue weighted by Gasteiger charge is -1.98. The van der Waals surface area contributed by atoms with Crippen LogP contribution in [-0.2, 0) is 0 Å². The maximum Gasteiger partial charge on any atom is 0.226 e. The highest BCUT2D eigenvalue weighted by atomic mass is 127. The summed E-state index contributed by atoms with van der Waals surface area (Å²) in [6.07, 6.45) is 5.73. The second-order valence-corrected chi connectivity index (χ2v) is 6.56. The number of furan rings is 1. The van der Waals surface area contributed by atoms with Crippen molar-refractivity contribution in [2.75, 3.05) is 0 Å². The molecule has 2 aromatic heterocycles. The number of oxazole rings is 1. The lowest BCUT2D eigenvalue weighted by molar-refractivity contribution is 0.529. The van der Waals surface area contributed by atoms with Crippen LogP contribution in [0.2, 0.25) is 0 Å². The van der Waals surface area contributed by atoms with Crippen molar-refractivity contribution < 1.29 is 8.83 Å². The number of aromatic nitrogens is 1. The summed E-state index contributed by atoms with van der Waals surface area (Å²) in [7, 11) is 0. The second kappa shape index (κ2) is 7.11. The fourth-order valence-corrected chi connectivity index (χ4v) is 2.91. The van der Waals surface area contributed by atoms with Crippen molar-refractivity contribution in [2.45, 2.75) is 0 Å². The molecule has 0 aliphatic heterocycles. The zero-order chi connectivity index (χ0) is 17.1. The maximum absolute atomic E-state index is 5.88. The Labute approximate surface area is 159 Å². The Morgan fingerprint density at radius 2 is 1.56 bits per heavy atom.